The summed E-state index contributed by atoms with van der Waals surface area (Å²) in [5, 5.41) is 38.7. The summed E-state index contributed by atoms with van der Waals surface area (Å²) in [5.74, 6) is 1.29. The molecule has 0 bridgehead atoms. The van der Waals surface area contributed by atoms with Crippen LogP contribution >= 0.6 is 12.4 Å². The number of hydrogen-bond acceptors (Lipinski definition) is 15. The highest BCUT2D eigenvalue weighted by molar-refractivity contribution is 6.04. The van der Waals surface area contributed by atoms with Crippen molar-refractivity contribution in [3.63, 3.8) is 0 Å². The van der Waals surface area contributed by atoms with Crippen molar-refractivity contribution in [1.82, 2.24) is 50.5 Å². The number of aliphatic carboxylic acids is 1. The Balaban J connectivity index is 0.000000178. The summed E-state index contributed by atoms with van der Waals surface area (Å²) < 4.78 is 89.6. The van der Waals surface area contributed by atoms with Crippen molar-refractivity contribution in [3.05, 3.63) is 132 Å². The van der Waals surface area contributed by atoms with Crippen LogP contribution in [0.3, 0.4) is 0 Å². The van der Waals surface area contributed by atoms with Crippen LogP contribution in [0.2, 0.25) is 0 Å². The minimum Gasteiger partial charge on any atom is -0.481 e. The Morgan fingerprint density at radius 1 is 0.585 bits per heavy atom. The van der Waals surface area contributed by atoms with Crippen LogP contribution in [-0.4, -0.2) is 112 Å². The third kappa shape index (κ3) is 14.4. The normalized spacial score (nSPS) is 16.6. The van der Waals surface area contributed by atoms with Crippen molar-refractivity contribution in [1.29, 1.82) is 0 Å². The third-order valence-electron chi connectivity index (χ3n) is 13.3. The molecule has 21 nitrogen and oxygen atoms in total. The summed E-state index contributed by atoms with van der Waals surface area (Å²) in [6.07, 6.45) is 1.61. The number of nitrogens with zero attached hydrogens (tertiary/aromatic N) is 7. The fourth-order valence-corrected chi connectivity index (χ4v) is 8.72. The first-order valence-electron chi connectivity index (χ1n) is 25.6. The Morgan fingerprint density at radius 2 is 1.05 bits per heavy atom. The first-order chi connectivity index (χ1) is 38.9. The Hall–Kier alpha value is -9.11. The zero-order valence-electron chi connectivity index (χ0n) is 43.0. The van der Waals surface area contributed by atoms with Gasteiger partial charge in [-0.2, -0.15) is 36.5 Å². The van der Waals surface area contributed by atoms with Crippen LogP contribution in [0.5, 0.6) is 23.0 Å². The van der Waals surface area contributed by atoms with Crippen molar-refractivity contribution in [2.24, 2.45) is 11.8 Å². The third-order valence-corrected chi connectivity index (χ3v) is 13.3. The number of alkyl halides is 6. The maximum atomic E-state index is 12.9. The number of carboxylic acid groups (broad SMARTS) is 1. The van der Waals surface area contributed by atoms with Crippen molar-refractivity contribution in [2.45, 2.75) is 63.0 Å². The van der Waals surface area contributed by atoms with E-state index in [1.165, 1.54) is 24.3 Å². The minimum absolute atomic E-state index is 0. The SMILES string of the molecule is Cl.O=C(Nc1cc(C(F)(F)F)ccn1)c1ccc(Oc2ccnc3[nH]nc(N[C@@H]4CCN(C(=O)C5CC5)C4)c23)cc1.O=C(Nc1cc(C(F)(F)F)ccn1)c1ccc(Oc2ccnc3[nH]nc(N[C@@H]4CCNC4)c23)cc1.O=C(O)C1CC1. The molecular weight excluding hydrogens is 1110 g/mol. The zero-order chi connectivity index (χ0) is 56.8. The van der Waals surface area contributed by atoms with Gasteiger partial charge in [0, 0.05) is 85.7 Å². The van der Waals surface area contributed by atoms with Crippen molar-refractivity contribution in [2.75, 3.05) is 47.4 Å². The summed E-state index contributed by atoms with van der Waals surface area (Å²) in [5.41, 5.74) is -0.267. The Labute approximate surface area is 467 Å². The molecule has 8 N–H and O–H groups in total. The lowest BCUT2D eigenvalue weighted by molar-refractivity contribution is -0.139. The van der Waals surface area contributed by atoms with Gasteiger partial charge < -0.3 is 46.1 Å². The van der Waals surface area contributed by atoms with Crippen LogP contribution in [-0.2, 0) is 21.9 Å². The van der Waals surface area contributed by atoms with Gasteiger partial charge in [0.15, 0.2) is 22.9 Å². The fraction of sp³-hybridized carbons (Fsp3) is 0.296. The number of carbonyl (C=O) groups excluding carboxylic acids is 3. The van der Waals surface area contributed by atoms with Crippen LogP contribution in [0.1, 0.15) is 70.4 Å². The number of benzene rings is 2. The van der Waals surface area contributed by atoms with E-state index in [1.54, 1.807) is 48.8 Å². The number of halogens is 7. The molecule has 82 heavy (non-hydrogen) atoms. The molecule has 428 valence electrons. The molecule has 28 heteroatoms. The molecule has 0 radical (unpaired) electrons. The van der Waals surface area contributed by atoms with Crippen LogP contribution in [0, 0.1) is 11.8 Å². The molecule has 2 aliphatic heterocycles. The number of pyridine rings is 4. The van der Waals surface area contributed by atoms with E-state index in [0.717, 1.165) is 88.3 Å². The number of carboxylic acids is 1. The molecule has 12 rings (SSSR count). The summed E-state index contributed by atoms with van der Waals surface area (Å²) in [7, 11) is 0. The van der Waals surface area contributed by atoms with E-state index < -0.39 is 41.3 Å². The number of aromatic amines is 2. The van der Waals surface area contributed by atoms with E-state index in [2.05, 4.69) is 66.9 Å². The number of likely N-dealkylation sites (tertiary alicyclic amines) is 1. The van der Waals surface area contributed by atoms with E-state index >= 15 is 0 Å². The first-order valence-corrected chi connectivity index (χ1v) is 25.6. The number of amides is 3. The Morgan fingerprint density at radius 3 is 1.46 bits per heavy atom. The number of H-pyrrole nitrogens is 2. The lowest BCUT2D eigenvalue weighted by Gasteiger charge is -2.17. The molecule has 2 aromatic carbocycles. The summed E-state index contributed by atoms with van der Waals surface area (Å²) in [6.45, 7) is 3.09. The molecule has 8 heterocycles. The van der Waals surface area contributed by atoms with Gasteiger partial charge in [0.1, 0.15) is 45.4 Å². The molecule has 3 amide bonds. The highest BCUT2D eigenvalue weighted by Gasteiger charge is 2.37. The van der Waals surface area contributed by atoms with Gasteiger partial charge >= 0.3 is 18.3 Å². The second kappa shape index (κ2) is 24.7. The molecule has 0 spiro atoms. The number of ether oxygens (including phenoxy) is 2. The maximum Gasteiger partial charge on any atom is 0.416 e. The maximum absolute atomic E-state index is 12.9. The highest BCUT2D eigenvalue weighted by Crippen LogP contribution is 2.38. The predicted octanol–water partition coefficient (Wildman–Crippen LogP) is 9.93. The van der Waals surface area contributed by atoms with Gasteiger partial charge in [-0.05, 0) is 118 Å². The van der Waals surface area contributed by atoms with Gasteiger partial charge in [0.2, 0.25) is 5.91 Å². The molecule has 8 aromatic rings. The number of rotatable bonds is 14. The van der Waals surface area contributed by atoms with E-state index in [1.807, 2.05) is 4.90 Å². The first kappa shape index (κ1) is 57.6. The van der Waals surface area contributed by atoms with Crippen LogP contribution in [0.15, 0.2) is 110 Å². The molecule has 2 aliphatic carbocycles. The number of carbonyl (C=O) groups is 4. The number of hydrogen-bond donors (Lipinski definition) is 8. The van der Waals surface area contributed by atoms with Gasteiger partial charge in [0.25, 0.3) is 11.8 Å². The van der Waals surface area contributed by atoms with Gasteiger partial charge in [-0.1, -0.05) is 0 Å². The van der Waals surface area contributed by atoms with E-state index in [0.29, 0.717) is 69.8 Å². The quantitative estimate of drug-likeness (QED) is 0.0470. The Bertz CT molecular complexity index is 3570. The molecule has 6 aromatic heterocycles. The number of anilines is 4. The van der Waals surface area contributed by atoms with Crippen LogP contribution in [0.25, 0.3) is 22.1 Å². The van der Waals surface area contributed by atoms with Gasteiger partial charge in [-0.3, -0.25) is 29.4 Å². The molecule has 2 saturated heterocycles. The van der Waals surface area contributed by atoms with E-state index in [4.69, 9.17) is 14.6 Å². The summed E-state index contributed by atoms with van der Waals surface area (Å²) in [6, 6.07) is 19.3. The smallest absolute Gasteiger partial charge is 0.416 e. The lowest BCUT2D eigenvalue weighted by Crippen LogP contribution is -2.32. The zero-order valence-corrected chi connectivity index (χ0v) is 43.8. The lowest BCUT2D eigenvalue weighted by atomic mass is 10.2. The van der Waals surface area contributed by atoms with E-state index in [-0.39, 0.29) is 65.0 Å². The minimum atomic E-state index is -4.54. The largest absolute Gasteiger partial charge is 0.481 e. The van der Waals surface area contributed by atoms with Crippen molar-refractivity contribution in [3.8, 4) is 23.0 Å². The monoisotopic (exact) mass is 1160 g/mol. The van der Waals surface area contributed by atoms with Crippen LogP contribution < -0.4 is 36.1 Å². The average molecular weight is 1160 g/mol. The predicted molar refractivity (Wildman–Crippen MR) is 289 cm³/mol. The highest BCUT2D eigenvalue weighted by atomic mass is 35.5. The number of nitrogens with one attached hydrogen (secondary N) is 7. The van der Waals surface area contributed by atoms with Crippen molar-refractivity contribution < 1.29 is 60.1 Å². The standard InChI is InChI=1S/C27H24F3N7O3.C23H20F3N7O2.C4H6O2.ClH/c28-27(29,30)17-7-10-31-21(13-17)34-25(38)15-3-5-19(6-4-15)40-20-8-11-32-23-22(20)24(36-35-23)33-18-9-12-37(14-18)26(39)16-1-2-16;24-23(25,26)14-5-9-28-18(11-14)31-22(34)13-1-3-16(4-2-13)35-17-7-10-29-20-19(17)21(33-32-20)30-15-6-8-27-12-15;5-4(6)3-1-2-3;/h3-8,10-11,13,16,18H,1-2,9,12,14H2,(H,31,34,38)(H2,32,33,35,36);1-5,7,9-11,15,27H,6,8,12H2,(H,28,31,34)(H2,29,30,32,33);3H,1-2H2,(H,5,6);1H/t18-;15-;;/m11../s1. The topological polar surface area (TPSA) is 279 Å². The number of fused-ring (bicyclic) bond motifs is 2. The molecule has 0 unspecified atom stereocenters. The van der Waals surface area contributed by atoms with Gasteiger partial charge in [-0.15, -0.1) is 12.4 Å². The molecule has 4 aliphatic rings. The fourth-order valence-electron chi connectivity index (χ4n) is 8.72. The second-order valence-electron chi connectivity index (χ2n) is 19.4. The molecule has 2 atom stereocenters. The van der Waals surface area contributed by atoms with Gasteiger partial charge in [-0.25, -0.2) is 19.9 Å². The van der Waals surface area contributed by atoms with Crippen molar-refractivity contribution >= 4 is 81.4 Å². The summed E-state index contributed by atoms with van der Waals surface area (Å²) >= 11 is 0. The molecule has 4 fully saturated rings. The molecular formula is C54H51ClF6N14O7. The average Bonchev–Trinajstić information content (AvgIpc) is 4.48. The van der Waals surface area contributed by atoms with Gasteiger partial charge in [0.05, 0.1) is 17.0 Å². The summed E-state index contributed by atoms with van der Waals surface area (Å²) in [4.78, 5) is 65.3. The Kier molecular flexibility index (Phi) is 17.4. The number of aromatic nitrogens is 8. The molecule has 2 saturated carbocycles. The van der Waals surface area contributed by atoms with E-state index in [9.17, 15) is 45.5 Å². The second-order valence-corrected chi connectivity index (χ2v) is 19.4. The van der Waals surface area contributed by atoms with Crippen LogP contribution in [0.4, 0.5) is 49.6 Å².